The lowest BCUT2D eigenvalue weighted by Gasteiger charge is -2.07. The Morgan fingerprint density at radius 2 is 1.05 bits per heavy atom. The van der Waals surface area contributed by atoms with E-state index < -0.39 is 0 Å². The third-order valence-electron chi connectivity index (χ3n) is 12.4. The fourth-order valence-corrected chi connectivity index (χ4v) is 8.62. The molecule has 0 spiro atoms. The number of amides is 2. The molecule has 12 aromatic rings. The smallest absolute Gasteiger partial charge is 0.229 e. The maximum absolute atomic E-state index is 12.2. The van der Waals surface area contributed by atoms with Crippen molar-refractivity contribution in [3.8, 4) is 67.7 Å². The lowest BCUT2D eigenvalue weighted by atomic mass is 10.0. The van der Waals surface area contributed by atoms with E-state index in [4.69, 9.17) is 9.97 Å². The van der Waals surface area contributed by atoms with Gasteiger partial charge in [-0.25, -0.2) is 19.9 Å². The van der Waals surface area contributed by atoms with E-state index in [0.29, 0.717) is 53.2 Å². The van der Waals surface area contributed by atoms with Gasteiger partial charge in [0.05, 0.1) is 52.0 Å². The highest BCUT2D eigenvalue weighted by atomic mass is 16.2. The first-order chi connectivity index (χ1) is 36.4. The van der Waals surface area contributed by atoms with Crippen LogP contribution in [0.4, 0.5) is 11.6 Å². The Morgan fingerprint density at radius 1 is 0.500 bits per heavy atom. The fraction of sp³-hybridized carbons (Fsp3) is 0.145. The van der Waals surface area contributed by atoms with E-state index in [2.05, 4.69) is 88.9 Å². The van der Waals surface area contributed by atoms with Crippen molar-refractivity contribution >= 4 is 67.3 Å². The second-order valence-corrected chi connectivity index (χ2v) is 17.5. The third kappa shape index (κ3) is 9.76. The highest BCUT2D eigenvalue weighted by molar-refractivity contribution is 6.00. The lowest BCUT2D eigenvalue weighted by molar-refractivity contribution is -0.117. The Hall–Kier alpha value is -9.91. The van der Waals surface area contributed by atoms with Gasteiger partial charge >= 0.3 is 0 Å². The van der Waals surface area contributed by atoms with Gasteiger partial charge in [0.2, 0.25) is 17.8 Å². The van der Waals surface area contributed by atoms with Crippen molar-refractivity contribution in [1.29, 1.82) is 0 Å². The zero-order valence-electron chi connectivity index (χ0n) is 40.3. The topological polar surface area (TPSA) is 263 Å². The van der Waals surface area contributed by atoms with Gasteiger partial charge in [-0.2, -0.15) is 10.2 Å². The number of hydrogen-bond acceptors (Lipinski definition) is 13. The molecule has 0 aliphatic heterocycles. The molecule has 0 saturated carbocycles. The van der Waals surface area contributed by atoms with E-state index in [1.165, 1.54) is 0 Å². The molecule has 10 aromatic heterocycles. The summed E-state index contributed by atoms with van der Waals surface area (Å²) in [5.74, 6) is 1.48. The van der Waals surface area contributed by atoms with E-state index in [1.807, 2.05) is 73.7 Å². The molecule has 0 aliphatic rings. The van der Waals surface area contributed by atoms with Gasteiger partial charge < -0.3 is 15.3 Å². The molecule has 0 atom stereocenters. The molecular weight excluding hydrogens is 931 g/mol. The van der Waals surface area contributed by atoms with Gasteiger partial charge in [0.15, 0.2) is 11.6 Å². The molecule has 0 fully saturated rings. The van der Waals surface area contributed by atoms with Crippen molar-refractivity contribution in [3.05, 3.63) is 141 Å². The average molecular weight is 978 g/mol. The number of hydrogen-bond donors (Lipinski definition) is 6. The van der Waals surface area contributed by atoms with Crippen LogP contribution >= 0.6 is 0 Å². The first-order valence-corrected chi connectivity index (χ1v) is 24.2. The Kier molecular flexibility index (Phi) is 13.1. The fourth-order valence-electron chi connectivity index (χ4n) is 8.62. The molecule has 74 heavy (non-hydrogen) atoms. The number of carbonyl (C=O) groups excluding carboxylic acids is 2. The van der Waals surface area contributed by atoms with Gasteiger partial charge in [-0.3, -0.25) is 50.0 Å². The molecule has 10 heterocycles. The van der Waals surface area contributed by atoms with Crippen LogP contribution in [0, 0.1) is 0 Å². The monoisotopic (exact) mass is 977 g/mol. The highest BCUT2D eigenvalue weighted by Gasteiger charge is 2.19. The number of nitrogens with one attached hydrogen (secondary N) is 6. The molecule has 0 bridgehead atoms. The minimum Gasteiger partial charge on any atom is -0.335 e. The van der Waals surface area contributed by atoms with Crippen LogP contribution in [0.15, 0.2) is 141 Å². The largest absolute Gasteiger partial charge is 0.335 e. The summed E-state index contributed by atoms with van der Waals surface area (Å²) in [5.41, 5.74) is 14.2. The molecule has 0 aliphatic carbocycles. The molecule has 12 rings (SSSR count). The van der Waals surface area contributed by atoms with Gasteiger partial charge in [0.1, 0.15) is 22.4 Å². The van der Waals surface area contributed by atoms with Crippen molar-refractivity contribution in [2.75, 3.05) is 10.6 Å². The SMILES string of the molecule is CCCCC(=O)Nc1cncc(-c2ccc3[nH]nc(-c4nc5c(-c6cccnc6)cncc5[nH]4)c3c2)c1.CCCCC(=O)Nc1nccc(-c2ccc3[nH]nc(-c4nc5c(-c6cccnc6)cncc5[nH]4)c3c2)n1. The van der Waals surface area contributed by atoms with Crippen LogP contribution in [0.3, 0.4) is 0 Å². The van der Waals surface area contributed by atoms with Crippen LogP contribution in [0.5, 0.6) is 0 Å². The third-order valence-corrected chi connectivity index (χ3v) is 12.4. The van der Waals surface area contributed by atoms with Gasteiger partial charge in [0, 0.05) is 107 Å². The minimum absolute atomic E-state index is 0.00148. The number of aromatic nitrogens is 15. The summed E-state index contributed by atoms with van der Waals surface area (Å²) in [6.45, 7) is 4.12. The Labute approximate surface area is 422 Å². The van der Waals surface area contributed by atoms with Crippen molar-refractivity contribution in [3.63, 3.8) is 0 Å². The predicted octanol–water partition coefficient (Wildman–Crippen LogP) is 10.9. The van der Waals surface area contributed by atoms with Crippen molar-refractivity contribution in [1.82, 2.24) is 75.2 Å². The number of imidazole rings is 2. The zero-order chi connectivity index (χ0) is 50.4. The van der Waals surface area contributed by atoms with Crippen molar-refractivity contribution < 1.29 is 9.59 Å². The number of unbranched alkanes of at least 4 members (excludes halogenated alkanes) is 2. The van der Waals surface area contributed by atoms with Crippen LogP contribution in [0.25, 0.3) is 112 Å². The van der Waals surface area contributed by atoms with Crippen LogP contribution in [0.2, 0.25) is 0 Å². The number of nitrogens with zero attached hydrogens (tertiary/aromatic N) is 11. The van der Waals surface area contributed by atoms with Gasteiger partial charge in [-0.05, 0) is 66.9 Å². The standard InChI is InChI=1S/C28H24N8O.C27H23N9O/c1-2-3-6-25(37)32-20-10-19(13-30-14-20)17-7-8-23-21(11-17)27(36-35-23)28-33-24-16-31-15-22(26(24)34-28)18-5-4-9-29-12-18;1-2-3-6-23(37)33-27-30-11-9-20(32-27)16-7-8-21-18(12-16)25(36-35-21)26-31-22-15-29-14-19(24(22)34-26)17-5-4-10-28-13-17/h4-5,7-16H,2-3,6H2,1H3,(H,32,37)(H,33,34)(H,35,36);4-5,7-15H,2-3,6H2,1H3,(H,31,34)(H,35,36)(H,30,32,33,37). The van der Waals surface area contributed by atoms with E-state index in [0.717, 1.165) is 109 Å². The zero-order valence-corrected chi connectivity index (χ0v) is 40.3. The summed E-state index contributed by atoms with van der Waals surface area (Å²) in [5, 5.41) is 22.8. The average Bonchev–Trinajstić information content (AvgIpc) is 4.27. The first-order valence-electron chi connectivity index (χ1n) is 24.2. The normalized spacial score (nSPS) is 11.3. The first kappa shape index (κ1) is 46.5. The van der Waals surface area contributed by atoms with Gasteiger partial charge in [-0.15, -0.1) is 0 Å². The van der Waals surface area contributed by atoms with Crippen LogP contribution in [-0.4, -0.2) is 87.0 Å². The van der Waals surface area contributed by atoms with Crippen molar-refractivity contribution in [2.45, 2.75) is 52.4 Å². The van der Waals surface area contributed by atoms with Crippen molar-refractivity contribution in [2.24, 2.45) is 0 Å². The highest BCUT2D eigenvalue weighted by Crippen LogP contribution is 2.35. The second-order valence-electron chi connectivity index (χ2n) is 17.5. The van der Waals surface area contributed by atoms with Crippen LogP contribution in [-0.2, 0) is 9.59 Å². The number of rotatable bonds is 14. The summed E-state index contributed by atoms with van der Waals surface area (Å²) in [6.07, 6.45) is 23.8. The summed E-state index contributed by atoms with van der Waals surface area (Å²) >= 11 is 0. The molecular formula is C55H47N17O2. The molecule has 2 aromatic carbocycles. The van der Waals surface area contributed by atoms with E-state index >= 15 is 0 Å². The number of pyridine rings is 5. The Bertz CT molecular complexity index is 3700. The molecule has 0 saturated heterocycles. The molecule has 19 nitrogen and oxygen atoms in total. The Morgan fingerprint density at radius 3 is 1.64 bits per heavy atom. The number of aromatic amines is 4. The van der Waals surface area contributed by atoms with E-state index in [-0.39, 0.29) is 11.8 Å². The summed E-state index contributed by atoms with van der Waals surface area (Å²) in [4.78, 5) is 71.1. The minimum atomic E-state index is -0.0865. The lowest BCUT2D eigenvalue weighted by Crippen LogP contribution is -2.13. The molecule has 19 heteroatoms. The molecule has 2 amide bonds. The molecule has 0 radical (unpaired) electrons. The van der Waals surface area contributed by atoms with Gasteiger partial charge in [-0.1, -0.05) is 51.0 Å². The predicted molar refractivity (Wildman–Crippen MR) is 285 cm³/mol. The number of carbonyl (C=O) groups is 2. The maximum atomic E-state index is 12.2. The number of H-pyrrole nitrogens is 4. The summed E-state index contributed by atoms with van der Waals surface area (Å²) in [7, 11) is 0. The number of fused-ring (bicyclic) bond motifs is 4. The molecule has 364 valence electrons. The van der Waals surface area contributed by atoms with Crippen LogP contribution in [0.1, 0.15) is 52.4 Å². The molecule has 6 N–H and O–H groups in total. The number of anilines is 2. The van der Waals surface area contributed by atoms with Crippen LogP contribution < -0.4 is 10.6 Å². The van der Waals surface area contributed by atoms with E-state index in [1.54, 1.807) is 68.2 Å². The second kappa shape index (κ2) is 20.8. The maximum Gasteiger partial charge on any atom is 0.229 e. The Balaban J connectivity index is 0.000000159. The van der Waals surface area contributed by atoms with Gasteiger partial charge in [0.25, 0.3) is 0 Å². The van der Waals surface area contributed by atoms with E-state index in [9.17, 15) is 9.59 Å². The molecule has 0 unspecified atom stereocenters. The number of benzene rings is 2. The quantitative estimate of drug-likeness (QED) is 0.0593. The summed E-state index contributed by atoms with van der Waals surface area (Å²) in [6, 6.07) is 23.5. The summed E-state index contributed by atoms with van der Waals surface area (Å²) < 4.78 is 0.